The molecule has 1 aliphatic rings. The van der Waals surface area contributed by atoms with Crippen LogP contribution in [0.2, 0.25) is 5.02 Å². The van der Waals surface area contributed by atoms with E-state index in [1.807, 2.05) is 0 Å². The van der Waals surface area contributed by atoms with Crippen molar-refractivity contribution in [3.8, 4) is 5.75 Å². The highest BCUT2D eigenvalue weighted by Gasteiger charge is 2.45. The quantitative estimate of drug-likeness (QED) is 0.455. The highest BCUT2D eigenvalue weighted by Crippen LogP contribution is 2.37. The molecule has 1 fully saturated rings. The standard InChI is InChI=1S/C23H22ClF3N4O4/c1-13(4-6-29-20(32)12-35-16-2-3-17(24)18(25)9-16)30-22(34)19-8-14(5-7-28-19)21(33)31-15-10-23(26,27)11-15/h2-3,5,7-9,15H,1,4,6,10-12H2,(H,29,32)(H,30,34)(H,31,33). The summed E-state index contributed by atoms with van der Waals surface area (Å²) < 4.78 is 44.4. The van der Waals surface area contributed by atoms with Crippen LogP contribution in [0, 0.1) is 5.82 Å². The number of hydrogen-bond acceptors (Lipinski definition) is 5. The van der Waals surface area contributed by atoms with Crippen molar-refractivity contribution >= 4 is 29.3 Å². The van der Waals surface area contributed by atoms with Crippen molar-refractivity contribution in [3.05, 3.63) is 70.9 Å². The van der Waals surface area contributed by atoms with Gasteiger partial charge in [-0.3, -0.25) is 19.4 Å². The molecular formula is C23H22ClF3N4O4. The van der Waals surface area contributed by atoms with Gasteiger partial charge in [0.1, 0.15) is 17.3 Å². The van der Waals surface area contributed by atoms with E-state index in [1.165, 1.54) is 30.5 Å². The first-order valence-corrected chi connectivity index (χ1v) is 10.9. The van der Waals surface area contributed by atoms with Crippen molar-refractivity contribution in [2.45, 2.75) is 31.2 Å². The Morgan fingerprint density at radius 2 is 1.91 bits per heavy atom. The molecule has 0 aliphatic heterocycles. The molecule has 2 aromatic rings. The molecule has 3 amide bonds. The number of benzene rings is 1. The largest absolute Gasteiger partial charge is 0.484 e. The highest BCUT2D eigenvalue weighted by molar-refractivity contribution is 6.30. The number of hydrogen-bond donors (Lipinski definition) is 3. The number of nitrogens with one attached hydrogen (secondary N) is 3. The molecule has 3 N–H and O–H groups in total. The van der Waals surface area contributed by atoms with Crippen LogP contribution in [0.3, 0.4) is 0 Å². The van der Waals surface area contributed by atoms with Crippen LogP contribution < -0.4 is 20.7 Å². The van der Waals surface area contributed by atoms with Gasteiger partial charge in [0.25, 0.3) is 23.6 Å². The van der Waals surface area contributed by atoms with Gasteiger partial charge in [-0.25, -0.2) is 13.2 Å². The molecule has 0 saturated heterocycles. The van der Waals surface area contributed by atoms with Gasteiger partial charge in [-0.15, -0.1) is 0 Å². The lowest BCUT2D eigenvalue weighted by molar-refractivity contribution is -0.123. The maximum Gasteiger partial charge on any atom is 0.274 e. The smallest absolute Gasteiger partial charge is 0.274 e. The number of carbonyl (C=O) groups is 3. The molecule has 0 spiro atoms. The van der Waals surface area contributed by atoms with Gasteiger partial charge in [-0.1, -0.05) is 18.2 Å². The SMILES string of the molecule is C=C(CCNC(=O)COc1ccc(Cl)c(F)c1)NC(=O)c1cc(C(=O)NC2CC(F)(F)C2)ccn1. The first kappa shape index (κ1) is 26.0. The van der Waals surface area contributed by atoms with Crippen LogP contribution in [0.15, 0.2) is 48.8 Å². The molecule has 0 atom stereocenters. The molecule has 1 aliphatic carbocycles. The third-order valence-electron chi connectivity index (χ3n) is 4.98. The lowest BCUT2D eigenvalue weighted by atomic mass is 9.88. The van der Waals surface area contributed by atoms with Gasteiger partial charge in [-0.05, 0) is 24.3 Å². The van der Waals surface area contributed by atoms with Crippen LogP contribution in [-0.2, 0) is 4.79 Å². The van der Waals surface area contributed by atoms with E-state index in [1.54, 1.807) is 0 Å². The number of aromatic nitrogens is 1. The molecule has 12 heteroatoms. The van der Waals surface area contributed by atoms with Crippen molar-refractivity contribution in [3.63, 3.8) is 0 Å². The van der Waals surface area contributed by atoms with E-state index in [0.29, 0.717) is 0 Å². The van der Waals surface area contributed by atoms with Gasteiger partial charge in [0.2, 0.25) is 0 Å². The molecule has 35 heavy (non-hydrogen) atoms. The van der Waals surface area contributed by atoms with Crippen molar-refractivity contribution < 1.29 is 32.3 Å². The number of halogens is 4. The van der Waals surface area contributed by atoms with Crippen molar-refractivity contribution in [1.82, 2.24) is 20.9 Å². The van der Waals surface area contributed by atoms with Crippen LogP contribution in [0.5, 0.6) is 5.75 Å². The van der Waals surface area contributed by atoms with Crippen LogP contribution in [0.4, 0.5) is 13.2 Å². The fourth-order valence-corrected chi connectivity index (χ4v) is 3.25. The Labute approximate surface area is 203 Å². The first-order valence-electron chi connectivity index (χ1n) is 10.5. The number of carbonyl (C=O) groups excluding carboxylic acids is 3. The fourth-order valence-electron chi connectivity index (χ4n) is 3.13. The van der Waals surface area contributed by atoms with Crippen molar-refractivity contribution in [1.29, 1.82) is 0 Å². The highest BCUT2D eigenvalue weighted by atomic mass is 35.5. The summed E-state index contributed by atoms with van der Waals surface area (Å²) in [5.74, 6) is -4.95. The second-order valence-corrected chi connectivity index (χ2v) is 8.29. The molecule has 1 heterocycles. The summed E-state index contributed by atoms with van der Waals surface area (Å²) >= 11 is 5.58. The summed E-state index contributed by atoms with van der Waals surface area (Å²) in [6.07, 6.45) is 0.622. The topological polar surface area (TPSA) is 109 Å². The zero-order chi connectivity index (χ0) is 25.6. The van der Waals surface area contributed by atoms with E-state index in [2.05, 4.69) is 27.5 Å². The van der Waals surface area contributed by atoms with E-state index in [4.69, 9.17) is 16.3 Å². The maximum atomic E-state index is 13.4. The molecular weight excluding hydrogens is 489 g/mol. The number of alkyl halides is 2. The first-order chi connectivity index (χ1) is 16.5. The zero-order valence-electron chi connectivity index (χ0n) is 18.4. The summed E-state index contributed by atoms with van der Waals surface area (Å²) in [7, 11) is 0. The van der Waals surface area contributed by atoms with Gasteiger partial charge in [0.05, 0.1) is 5.02 Å². The minimum atomic E-state index is -2.76. The second kappa shape index (κ2) is 11.2. The van der Waals surface area contributed by atoms with Gasteiger partial charge in [0.15, 0.2) is 6.61 Å². The number of amides is 3. The fraction of sp³-hybridized carbons (Fsp3) is 0.304. The lowest BCUT2D eigenvalue weighted by Gasteiger charge is -2.35. The molecule has 0 radical (unpaired) electrons. The number of nitrogens with zero attached hydrogens (tertiary/aromatic N) is 1. The van der Waals surface area contributed by atoms with E-state index in [0.717, 1.165) is 6.07 Å². The molecule has 186 valence electrons. The Kier molecular flexibility index (Phi) is 8.34. The third kappa shape index (κ3) is 7.71. The lowest BCUT2D eigenvalue weighted by Crippen LogP contribution is -2.50. The molecule has 1 saturated carbocycles. The molecule has 0 unspecified atom stereocenters. The van der Waals surface area contributed by atoms with Crippen molar-refractivity contribution in [2.24, 2.45) is 0 Å². The van der Waals surface area contributed by atoms with Crippen molar-refractivity contribution in [2.75, 3.05) is 13.2 Å². The van der Waals surface area contributed by atoms with E-state index in [-0.39, 0.29) is 47.3 Å². The average Bonchev–Trinajstić information content (AvgIpc) is 2.78. The molecule has 0 bridgehead atoms. The normalized spacial score (nSPS) is 14.4. The summed E-state index contributed by atoms with van der Waals surface area (Å²) in [6, 6.07) is 5.79. The van der Waals surface area contributed by atoms with Crippen LogP contribution in [0.25, 0.3) is 0 Å². The van der Waals surface area contributed by atoms with Crippen LogP contribution in [0.1, 0.15) is 40.1 Å². The second-order valence-electron chi connectivity index (χ2n) is 7.89. The Morgan fingerprint density at radius 1 is 1.17 bits per heavy atom. The summed E-state index contributed by atoms with van der Waals surface area (Å²) in [6.45, 7) is 3.50. The summed E-state index contributed by atoms with van der Waals surface area (Å²) in [5.41, 5.74) is 0.327. The summed E-state index contributed by atoms with van der Waals surface area (Å²) in [5, 5.41) is 7.51. The predicted molar refractivity (Wildman–Crippen MR) is 121 cm³/mol. The van der Waals surface area contributed by atoms with E-state index >= 15 is 0 Å². The molecule has 3 rings (SSSR count). The Bertz CT molecular complexity index is 1140. The number of ether oxygens (including phenoxy) is 1. The average molecular weight is 511 g/mol. The third-order valence-corrected chi connectivity index (χ3v) is 5.29. The van der Waals surface area contributed by atoms with E-state index in [9.17, 15) is 27.6 Å². The minimum Gasteiger partial charge on any atom is -0.484 e. The molecule has 1 aromatic carbocycles. The Morgan fingerprint density at radius 3 is 2.60 bits per heavy atom. The van der Waals surface area contributed by atoms with Gasteiger partial charge in [0, 0.05) is 55.4 Å². The molecule has 8 nitrogen and oxygen atoms in total. The monoisotopic (exact) mass is 510 g/mol. The van der Waals surface area contributed by atoms with Gasteiger partial charge in [-0.2, -0.15) is 0 Å². The minimum absolute atomic E-state index is 0.0615. The van der Waals surface area contributed by atoms with E-state index < -0.39 is 48.3 Å². The summed E-state index contributed by atoms with van der Waals surface area (Å²) in [4.78, 5) is 40.4. The maximum absolute atomic E-state index is 13.4. The zero-order valence-corrected chi connectivity index (χ0v) is 19.1. The Hall–Kier alpha value is -3.60. The van der Waals surface area contributed by atoms with Gasteiger partial charge < -0.3 is 20.7 Å². The number of pyridine rings is 1. The predicted octanol–water partition coefficient (Wildman–Crippen LogP) is 3.23. The van der Waals surface area contributed by atoms with Crippen LogP contribution >= 0.6 is 11.6 Å². The van der Waals surface area contributed by atoms with Crippen LogP contribution in [-0.4, -0.2) is 47.8 Å². The molecule has 1 aromatic heterocycles. The Balaban J connectivity index is 1.39. The number of rotatable bonds is 10. The van der Waals surface area contributed by atoms with Gasteiger partial charge >= 0.3 is 0 Å².